The van der Waals surface area contributed by atoms with Gasteiger partial charge in [-0.05, 0) is 58.7 Å². The summed E-state index contributed by atoms with van der Waals surface area (Å²) in [6.45, 7) is 19.1. The van der Waals surface area contributed by atoms with Crippen molar-refractivity contribution in [3.63, 3.8) is 0 Å². The number of hydrogen-bond donors (Lipinski definition) is 3. The molecule has 206 valence electrons. The van der Waals surface area contributed by atoms with Gasteiger partial charge in [0.1, 0.15) is 6.04 Å². The molecule has 0 saturated carbocycles. The molecule has 1 aromatic rings. The zero-order chi connectivity index (χ0) is 28.9. The number of aryl methyl sites for hydroxylation is 2. The van der Waals surface area contributed by atoms with Crippen molar-refractivity contribution < 1.29 is 19.5 Å². The first-order valence-electron chi connectivity index (χ1n) is 12.7. The number of likely N-dealkylation sites (N-methyl/N-ethyl adjacent to an activating group) is 2. The van der Waals surface area contributed by atoms with Crippen molar-refractivity contribution in [1.29, 1.82) is 0 Å². The van der Waals surface area contributed by atoms with Crippen LogP contribution in [0.5, 0.6) is 0 Å². The number of carboxylic acid groups (broad SMARTS) is 1. The number of benzene rings is 1. The van der Waals surface area contributed by atoms with E-state index in [1.165, 1.54) is 11.8 Å². The molecular formula is C30H47N3O4. The quantitative estimate of drug-likeness (QED) is 0.316. The van der Waals surface area contributed by atoms with Crippen LogP contribution in [-0.4, -0.2) is 60.0 Å². The summed E-state index contributed by atoms with van der Waals surface area (Å²) in [7, 11) is 3.39. The van der Waals surface area contributed by atoms with Gasteiger partial charge in [0, 0.05) is 18.0 Å². The summed E-state index contributed by atoms with van der Waals surface area (Å²) in [5, 5.41) is 15.6. The van der Waals surface area contributed by atoms with Crippen LogP contribution in [0, 0.1) is 19.3 Å². The van der Waals surface area contributed by atoms with Crippen LogP contribution in [0.2, 0.25) is 0 Å². The molecule has 0 radical (unpaired) electrons. The maximum Gasteiger partial charge on any atom is 0.331 e. The lowest BCUT2D eigenvalue weighted by Crippen LogP contribution is -2.61. The highest BCUT2D eigenvalue weighted by molar-refractivity contribution is 5.92. The minimum atomic E-state index is -1.04. The number of nitrogens with one attached hydrogen (secondary N) is 2. The predicted octanol–water partition coefficient (Wildman–Crippen LogP) is 4.52. The average molecular weight is 514 g/mol. The highest BCUT2D eigenvalue weighted by Crippen LogP contribution is 2.30. The first-order chi connectivity index (χ1) is 16.8. The predicted molar refractivity (Wildman–Crippen MR) is 151 cm³/mol. The van der Waals surface area contributed by atoms with Crippen molar-refractivity contribution in [2.24, 2.45) is 5.41 Å². The van der Waals surface area contributed by atoms with E-state index in [1.807, 2.05) is 68.4 Å². The van der Waals surface area contributed by atoms with Crippen LogP contribution < -0.4 is 10.6 Å². The fourth-order valence-electron chi connectivity index (χ4n) is 4.50. The molecule has 3 N–H and O–H groups in total. The third kappa shape index (κ3) is 8.56. The molecule has 1 aromatic carbocycles. The number of aliphatic carboxylic acids is 1. The second kappa shape index (κ2) is 12.5. The third-order valence-corrected chi connectivity index (χ3v) is 6.69. The molecule has 7 heteroatoms. The zero-order valence-corrected chi connectivity index (χ0v) is 24.7. The first-order valence-corrected chi connectivity index (χ1v) is 12.7. The molecule has 0 aliphatic heterocycles. The zero-order valence-electron chi connectivity index (χ0n) is 24.7. The van der Waals surface area contributed by atoms with Gasteiger partial charge in [-0.15, -0.1) is 0 Å². The number of amides is 2. The maximum absolute atomic E-state index is 13.8. The summed E-state index contributed by atoms with van der Waals surface area (Å²) in [6.07, 6.45) is 3.39. The molecule has 0 bridgehead atoms. The van der Waals surface area contributed by atoms with E-state index in [1.54, 1.807) is 20.2 Å². The Balaban J connectivity index is 3.40. The Morgan fingerprint density at radius 3 is 1.84 bits per heavy atom. The van der Waals surface area contributed by atoms with E-state index in [9.17, 15) is 19.5 Å². The van der Waals surface area contributed by atoms with E-state index in [0.29, 0.717) is 0 Å². The molecule has 2 amide bonds. The Labute approximate surface area is 223 Å². The van der Waals surface area contributed by atoms with E-state index in [0.717, 1.165) is 22.3 Å². The van der Waals surface area contributed by atoms with Crippen LogP contribution in [0.4, 0.5) is 0 Å². The topological polar surface area (TPSA) is 98.7 Å². The highest BCUT2D eigenvalue weighted by atomic mass is 16.4. The van der Waals surface area contributed by atoms with Crippen molar-refractivity contribution in [3.8, 4) is 0 Å². The lowest BCUT2D eigenvalue weighted by Gasteiger charge is -2.39. The maximum atomic E-state index is 13.8. The summed E-state index contributed by atoms with van der Waals surface area (Å²) in [5.41, 5.74) is 3.22. The molecule has 0 aromatic heterocycles. The molecule has 37 heavy (non-hydrogen) atoms. The van der Waals surface area contributed by atoms with E-state index < -0.39 is 34.9 Å². The second-order valence-electron chi connectivity index (χ2n) is 12.0. The minimum absolute atomic E-state index is 0.143. The number of hydrogen-bond acceptors (Lipinski definition) is 4. The third-order valence-electron chi connectivity index (χ3n) is 6.69. The van der Waals surface area contributed by atoms with Gasteiger partial charge < -0.3 is 20.6 Å². The molecule has 0 aliphatic rings. The molecule has 0 fully saturated rings. The summed E-state index contributed by atoms with van der Waals surface area (Å²) >= 11 is 0. The Hall–Kier alpha value is -2.93. The lowest BCUT2D eigenvalue weighted by molar-refractivity contribution is -0.139. The summed E-state index contributed by atoms with van der Waals surface area (Å²) in [4.78, 5) is 40.5. The van der Waals surface area contributed by atoms with Crippen molar-refractivity contribution in [3.05, 3.63) is 58.2 Å². The van der Waals surface area contributed by atoms with E-state index in [2.05, 4.69) is 28.8 Å². The van der Waals surface area contributed by atoms with Crippen molar-refractivity contribution in [1.82, 2.24) is 15.5 Å². The summed E-state index contributed by atoms with van der Waals surface area (Å²) in [6, 6.07) is 4.28. The largest absolute Gasteiger partial charge is 0.478 e. The molecule has 0 spiro atoms. The summed E-state index contributed by atoms with van der Waals surface area (Å²) < 4.78 is 0. The number of carbonyl (C=O) groups is 3. The fourth-order valence-corrected chi connectivity index (χ4v) is 4.50. The normalized spacial score (nSPS) is 14.9. The average Bonchev–Trinajstić information content (AvgIpc) is 2.74. The molecular weight excluding hydrogens is 466 g/mol. The van der Waals surface area contributed by atoms with Crippen LogP contribution >= 0.6 is 0 Å². The lowest BCUT2D eigenvalue weighted by atomic mass is 9.76. The number of allylic oxidation sites excluding steroid dienone is 1. The van der Waals surface area contributed by atoms with Gasteiger partial charge in [0.25, 0.3) is 0 Å². The van der Waals surface area contributed by atoms with Gasteiger partial charge >= 0.3 is 5.97 Å². The SMILES string of the molecule is CN[C@H](C(=O)N[C@H](C(=O)N(C)C(C=C(C)C)/C=C(\C)C(=O)O)C(C)(C)C)C(C)(C)c1cc(C)cc(C)c1. The van der Waals surface area contributed by atoms with Crippen LogP contribution in [0.3, 0.4) is 0 Å². The van der Waals surface area contributed by atoms with Gasteiger partial charge in [-0.2, -0.15) is 0 Å². The summed E-state index contributed by atoms with van der Waals surface area (Å²) in [5.74, 6) is -1.61. The number of carboxylic acids is 1. The standard InChI is InChI=1S/C30H47N3O4/c1-18(2)13-23(17-21(5)28(36)37)33(12)27(35)25(29(6,7)8)32-26(34)24(31-11)30(9,10)22-15-19(3)14-20(4)16-22/h13-17,23-25,31H,1-12H3,(H,32,34)(H,36,37)/b21-17+/t23?,24-,25-/m1/s1. The molecule has 0 aliphatic carbocycles. The van der Waals surface area contributed by atoms with Crippen LogP contribution in [0.25, 0.3) is 0 Å². The fraction of sp³-hybridized carbons (Fsp3) is 0.567. The molecule has 3 atom stereocenters. The Morgan fingerprint density at radius 1 is 0.919 bits per heavy atom. The molecule has 0 saturated heterocycles. The van der Waals surface area contributed by atoms with Crippen molar-refractivity contribution in [2.45, 2.75) is 92.8 Å². The smallest absolute Gasteiger partial charge is 0.331 e. The monoisotopic (exact) mass is 513 g/mol. The molecule has 1 rings (SSSR count). The van der Waals surface area contributed by atoms with Gasteiger partial charge in [-0.25, -0.2) is 4.79 Å². The van der Waals surface area contributed by atoms with Gasteiger partial charge in [0.2, 0.25) is 11.8 Å². The molecule has 0 heterocycles. The number of rotatable bonds is 10. The van der Waals surface area contributed by atoms with Gasteiger partial charge in [-0.3, -0.25) is 9.59 Å². The van der Waals surface area contributed by atoms with E-state index in [4.69, 9.17) is 0 Å². The van der Waals surface area contributed by atoms with Crippen LogP contribution in [0.1, 0.15) is 72.1 Å². The first kappa shape index (κ1) is 32.1. The number of carbonyl (C=O) groups excluding carboxylic acids is 2. The highest BCUT2D eigenvalue weighted by Gasteiger charge is 2.41. The second-order valence-corrected chi connectivity index (χ2v) is 12.0. The van der Waals surface area contributed by atoms with Crippen molar-refractivity contribution >= 4 is 17.8 Å². The van der Waals surface area contributed by atoms with Gasteiger partial charge in [0.15, 0.2) is 0 Å². The van der Waals surface area contributed by atoms with Crippen LogP contribution in [0.15, 0.2) is 41.5 Å². The van der Waals surface area contributed by atoms with Crippen molar-refractivity contribution in [2.75, 3.05) is 14.1 Å². The Kier molecular flexibility index (Phi) is 10.9. The van der Waals surface area contributed by atoms with E-state index >= 15 is 0 Å². The number of nitrogens with zero attached hydrogens (tertiary/aromatic N) is 1. The minimum Gasteiger partial charge on any atom is -0.478 e. The Bertz CT molecular complexity index is 1040. The Morgan fingerprint density at radius 2 is 1.43 bits per heavy atom. The van der Waals surface area contributed by atoms with Gasteiger partial charge in [-0.1, -0.05) is 75.6 Å². The van der Waals surface area contributed by atoms with Gasteiger partial charge in [0.05, 0.1) is 12.1 Å². The molecule has 7 nitrogen and oxygen atoms in total. The molecule has 1 unspecified atom stereocenters. The van der Waals surface area contributed by atoms with Crippen LogP contribution in [-0.2, 0) is 19.8 Å². The van der Waals surface area contributed by atoms with E-state index in [-0.39, 0.29) is 17.4 Å².